The highest BCUT2D eigenvalue weighted by Crippen LogP contribution is 2.47. The van der Waals surface area contributed by atoms with E-state index < -0.39 is 104 Å². The van der Waals surface area contributed by atoms with Crippen LogP contribution in [0.5, 0.6) is 23.0 Å². The Balaban J connectivity index is 2.22. The van der Waals surface area contributed by atoms with Gasteiger partial charge < -0.3 is 29.9 Å². The monoisotopic (exact) mass is 642 g/mol. The topological polar surface area (TPSA) is 168 Å². The number of benzene rings is 3. The molecule has 3 rings (SSSR count). The maximum absolute atomic E-state index is 13.9. The van der Waals surface area contributed by atoms with Gasteiger partial charge in [0.25, 0.3) is 0 Å². The molecule has 0 bridgehead atoms. The van der Waals surface area contributed by atoms with Crippen molar-refractivity contribution in [2.45, 2.75) is 18.5 Å². The number of halogens is 9. The maximum Gasteiger partial charge on any atom is 0.420 e. The number of carbonyl (C=O) groups is 4. The van der Waals surface area contributed by atoms with E-state index in [0.29, 0.717) is 24.3 Å². The highest BCUT2D eigenvalue weighted by Gasteiger charge is 2.44. The van der Waals surface area contributed by atoms with Crippen LogP contribution < -0.4 is 9.47 Å². The van der Waals surface area contributed by atoms with E-state index in [1.807, 2.05) is 0 Å². The Labute approximate surface area is 236 Å². The second-order valence-corrected chi connectivity index (χ2v) is 8.30. The van der Waals surface area contributed by atoms with Crippen LogP contribution in [0.25, 0.3) is 0 Å². The number of rotatable bonds is 8. The molecule has 0 heterocycles. The van der Waals surface area contributed by atoms with E-state index in [-0.39, 0.29) is 18.2 Å². The zero-order valence-corrected chi connectivity index (χ0v) is 20.7. The number of alkyl halides is 9. The Morgan fingerprint density at radius 3 is 1.23 bits per heavy atom. The fourth-order valence-electron chi connectivity index (χ4n) is 3.83. The molecular formula is C25H11F9O10. The van der Waals surface area contributed by atoms with E-state index in [1.54, 1.807) is 0 Å². The normalized spacial score (nSPS) is 12.0. The summed E-state index contributed by atoms with van der Waals surface area (Å²) in [5, 5.41) is 36.6. The van der Waals surface area contributed by atoms with Gasteiger partial charge in [0.05, 0.1) is 22.3 Å². The largest absolute Gasteiger partial charge is 0.478 e. The van der Waals surface area contributed by atoms with Gasteiger partial charge in [0.15, 0.2) is 0 Å². The van der Waals surface area contributed by atoms with Crippen molar-refractivity contribution in [3.63, 3.8) is 0 Å². The fourth-order valence-corrected chi connectivity index (χ4v) is 3.83. The lowest BCUT2D eigenvalue weighted by atomic mass is 9.99. The third-order valence-electron chi connectivity index (χ3n) is 5.49. The second kappa shape index (κ2) is 11.3. The lowest BCUT2D eigenvalue weighted by Crippen LogP contribution is -2.19. The minimum absolute atomic E-state index is 0.0575. The van der Waals surface area contributed by atoms with Crippen LogP contribution in [-0.2, 0) is 18.5 Å². The summed E-state index contributed by atoms with van der Waals surface area (Å²) in [7, 11) is 0. The smallest absolute Gasteiger partial charge is 0.420 e. The first-order valence-electron chi connectivity index (χ1n) is 11.0. The van der Waals surface area contributed by atoms with Crippen molar-refractivity contribution < 1.29 is 88.6 Å². The van der Waals surface area contributed by atoms with Gasteiger partial charge in [-0.3, -0.25) is 0 Å². The van der Waals surface area contributed by atoms with Crippen molar-refractivity contribution in [1.29, 1.82) is 0 Å². The molecule has 44 heavy (non-hydrogen) atoms. The summed E-state index contributed by atoms with van der Waals surface area (Å²) in [6, 6.07) is 1.89. The molecule has 0 radical (unpaired) electrons. The average Bonchev–Trinajstić information content (AvgIpc) is 2.86. The third-order valence-corrected chi connectivity index (χ3v) is 5.49. The molecule has 3 aromatic carbocycles. The number of ether oxygens (including phenoxy) is 2. The first-order chi connectivity index (χ1) is 20.1. The van der Waals surface area contributed by atoms with Crippen LogP contribution in [0.2, 0.25) is 0 Å². The van der Waals surface area contributed by atoms with Crippen molar-refractivity contribution in [3.05, 3.63) is 81.4 Å². The quantitative estimate of drug-likeness (QED) is 0.186. The summed E-state index contributed by atoms with van der Waals surface area (Å²) in [5.41, 5.74) is -12.8. The minimum atomic E-state index is -5.69. The predicted molar refractivity (Wildman–Crippen MR) is 122 cm³/mol. The SMILES string of the molecule is O=C(O)c1ccc(Oc2ccc(Oc3ccc(C(=O)O)c(C(=O)O)c3C(F)(F)F)c(C(F)(F)F)c2)c(C(F)(F)F)c1C(=O)O. The molecule has 0 amide bonds. The summed E-state index contributed by atoms with van der Waals surface area (Å²) in [4.78, 5) is 45.5. The Bertz CT molecular complexity index is 1690. The summed E-state index contributed by atoms with van der Waals surface area (Å²) in [6.07, 6.45) is -16.8. The molecule has 10 nitrogen and oxygen atoms in total. The average molecular weight is 642 g/mol. The highest BCUT2D eigenvalue weighted by atomic mass is 19.4. The van der Waals surface area contributed by atoms with Gasteiger partial charge in [-0.25, -0.2) is 19.2 Å². The summed E-state index contributed by atoms with van der Waals surface area (Å²) >= 11 is 0. The Morgan fingerprint density at radius 2 is 0.886 bits per heavy atom. The van der Waals surface area contributed by atoms with Gasteiger partial charge in [-0.05, 0) is 42.5 Å². The molecule has 0 saturated carbocycles. The van der Waals surface area contributed by atoms with Crippen molar-refractivity contribution >= 4 is 23.9 Å². The molecule has 3 aromatic rings. The molecule has 0 atom stereocenters. The lowest BCUT2D eigenvalue weighted by molar-refractivity contribution is -0.141. The van der Waals surface area contributed by atoms with E-state index in [4.69, 9.17) is 19.7 Å². The van der Waals surface area contributed by atoms with Crippen LogP contribution >= 0.6 is 0 Å². The molecule has 0 unspecified atom stereocenters. The molecule has 0 aliphatic heterocycles. The Morgan fingerprint density at radius 1 is 0.500 bits per heavy atom. The Hall–Kier alpha value is -5.49. The van der Waals surface area contributed by atoms with Crippen LogP contribution in [0, 0.1) is 0 Å². The summed E-state index contributed by atoms with van der Waals surface area (Å²) in [5.74, 6) is -14.7. The standard InChI is InChI=1S/C25H11F9O10/c26-23(27,28)11-7-8(43-13-5-2-9(19(35)36)15(21(39)40)17(13)24(29,30)31)1-4-12(11)44-14-6-3-10(20(37)38)16(22(41)42)18(14)25(32,33)34/h1-7H,(H,35,36)(H,37,38)(H,39,40)(H,41,42). The van der Waals surface area contributed by atoms with E-state index in [0.717, 1.165) is 0 Å². The second-order valence-electron chi connectivity index (χ2n) is 8.30. The molecule has 4 N–H and O–H groups in total. The van der Waals surface area contributed by atoms with Gasteiger partial charge in [-0.1, -0.05) is 0 Å². The van der Waals surface area contributed by atoms with Crippen molar-refractivity contribution in [2.75, 3.05) is 0 Å². The molecule has 0 fully saturated rings. The van der Waals surface area contributed by atoms with Crippen molar-refractivity contribution in [3.8, 4) is 23.0 Å². The van der Waals surface area contributed by atoms with Crippen LogP contribution in [0.3, 0.4) is 0 Å². The van der Waals surface area contributed by atoms with Crippen LogP contribution in [0.1, 0.15) is 58.1 Å². The number of hydrogen-bond donors (Lipinski definition) is 4. The van der Waals surface area contributed by atoms with E-state index in [1.165, 1.54) is 0 Å². The number of hydrogen-bond acceptors (Lipinski definition) is 6. The van der Waals surface area contributed by atoms with E-state index in [2.05, 4.69) is 0 Å². The highest BCUT2D eigenvalue weighted by molar-refractivity contribution is 6.04. The molecule has 0 saturated heterocycles. The van der Waals surface area contributed by atoms with Gasteiger partial charge in [0, 0.05) is 0 Å². The first-order valence-corrected chi connectivity index (χ1v) is 11.0. The minimum Gasteiger partial charge on any atom is -0.478 e. The van der Waals surface area contributed by atoms with Gasteiger partial charge >= 0.3 is 42.4 Å². The molecule has 0 aliphatic rings. The molecule has 0 aliphatic carbocycles. The Kier molecular flexibility index (Phi) is 8.48. The van der Waals surface area contributed by atoms with E-state index >= 15 is 0 Å². The summed E-state index contributed by atoms with van der Waals surface area (Å²) in [6.45, 7) is 0. The maximum atomic E-state index is 13.9. The molecule has 0 spiro atoms. The predicted octanol–water partition coefficient (Wildman–Crippen LogP) is 7.12. The van der Waals surface area contributed by atoms with Gasteiger partial charge in [0.1, 0.15) is 39.7 Å². The molecule has 19 heteroatoms. The lowest BCUT2D eigenvalue weighted by Gasteiger charge is -2.21. The van der Waals surface area contributed by atoms with Crippen LogP contribution in [0.15, 0.2) is 42.5 Å². The number of carboxylic acid groups (broad SMARTS) is 4. The molecule has 234 valence electrons. The third kappa shape index (κ3) is 6.60. The molecular weight excluding hydrogens is 631 g/mol. The van der Waals surface area contributed by atoms with Crippen molar-refractivity contribution in [1.82, 2.24) is 0 Å². The van der Waals surface area contributed by atoms with Gasteiger partial charge in [-0.15, -0.1) is 0 Å². The van der Waals surface area contributed by atoms with Gasteiger partial charge in [0.2, 0.25) is 0 Å². The first kappa shape index (κ1) is 33.0. The zero-order valence-electron chi connectivity index (χ0n) is 20.7. The van der Waals surface area contributed by atoms with Crippen LogP contribution in [-0.4, -0.2) is 44.3 Å². The number of aromatic carboxylic acids is 4. The van der Waals surface area contributed by atoms with Gasteiger partial charge in [-0.2, -0.15) is 39.5 Å². The number of carboxylic acids is 4. The fraction of sp³-hybridized carbons (Fsp3) is 0.120. The van der Waals surface area contributed by atoms with Crippen LogP contribution in [0.4, 0.5) is 39.5 Å². The zero-order chi connectivity index (χ0) is 33.5. The van der Waals surface area contributed by atoms with E-state index in [9.17, 15) is 68.9 Å². The van der Waals surface area contributed by atoms with Crippen molar-refractivity contribution in [2.24, 2.45) is 0 Å². The summed E-state index contributed by atoms with van der Waals surface area (Å²) < 4.78 is 134. The molecule has 0 aromatic heterocycles.